The Morgan fingerprint density at radius 3 is 2.30 bits per heavy atom. The van der Waals surface area contributed by atoms with Crippen molar-refractivity contribution in [3.05, 3.63) is 55.4 Å². The Labute approximate surface area is 140 Å². The van der Waals surface area contributed by atoms with Crippen LogP contribution in [-0.4, -0.2) is 6.54 Å². The van der Waals surface area contributed by atoms with E-state index >= 15 is 0 Å². The fraction of sp³-hybridized carbons (Fsp3) is 0.143. The number of rotatable bonds is 4. The zero-order valence-corrected chi connectivity index (χ0v) is 14.2. The number of benzene rings is 2. The third kappa shape index (κ3) is 3.80. The van der Waals surface area contributed by atoms with E-state index in [1.165, 1.54) is 0 Å². The summed E-state index contributed by atoms with van der Waals surface area (Å²) in [5.41, 5.74) is 6.66. The molecule has 2 aromatic carbocycles. The zero-order valence-electron chi connectivity index (χ0n) is 10.3. The number of nitrogens with two attached hydrogens (primary N) is 1. The number of hydrogen-bond acceptors (Lipinski definition) is 2. The Balaban J connectivity index is 2.28. The maximum atomic E-state index is 6.08. The van der Waals surface area contributed by atoms with Gasteiger partial charge >= 0.3 is 0 Å². The molecule has 0 saturated carbocycles. The molecule has 0 aromatic heterocycles. The molecule has 0 amide bonds. The topological polar surface area (TPSA) is 35.2 Å². The maximum Gasteiger partial charge on any atom is 0.147 e. The molecule has 0 radical (unpaired) electrons. The second kappa shape index (κ2) is 7.01. The predicted molar refractivity (Wildman–Crippen MR) is 88.4 cm³/mol. The minimum Gasteiger partial charge on any atom is -0.455 e. The summed E-state index contributed by atoms with van der Waals surface area (Å²) in [7, 11) is 0. The highest BCUT2D eigenvalue weighted by Crippen LogP contribution is 2.38. The lowest BCUT2D eigenvalue weighted by Crippen LogP contribution is -2.02. The van der Waals surface area contributed by atoms with Crippen LogP contribution in [-0.2, 0) is 6.42 Å². The minimum absolute atomic E-state index is 0.390. The maximum absolute atomic E-state index is 6.08. The third-order valence-corrected chi connectivity index (χ3v) is 4.26. The van der Waals surface area contributed by atoms with Gasteiger partial charge in [0.1, 0.15) is 11.5 Å². The van der Waals surface area contributed by atoms with Gasteiger partial charge in [-0.3, -0.25) is 0 Å². The standard InChI is InChI=1S/C14H11BrCl3NO/c15-9-5-8(3-4-19)1-2-13(9)20-14-7-11(17)10(16)6-12(14)18/h1-2,5-7H,3-4,19H2. The largest absolute Gasteiger partial charge is 0.455 e. The Morgan fingerprint density at radius 2 is 1.65 bits per heavy atom. The molecule has 2 N–H and O–H groups in total. The molecule has 0 bridgehead atoms. The van der Waals surface area contributed by atoms with E-state index in [4.69, 9.17) is 45.3 Å². The van der Waals surface area contributed by atoms with Crippen molar-refractivity contribution in [3.8, 4) is 11.5 Å². The smallest absolute Gasteiger partial charge is 0.147 e. The van der Waals surface area contributed by atoms with Gasteiger partial charge in [-0.2, -0.15) is 0 Å². The monoisotopic (exact) mass is 393 g/mol. The number of halogens is 4. The van der Waals surface area contributed by atoms with Gasteiger partial charge in [-0.25, -0.2) is 0 Å². The lowest BCUT2D eigenvalue weighted by Gasteiger charge is -2.11. The molecule has 0 spiro atoms. The number of ether oxygens (including phenoxy) is 1. The van der Waals surface area contributed by atoms with Crippen molar-refractivity contribution >= 4 is 50.7 Å². The normalized spacial score (nSPS) is 10.7. The molecule has 6 heteroatoms. The van der Waals surface area contributed by atoms with Crippen LogP contribution in [0.2, 0.25) is 15.1 Å². The van der Waals surface area contributed by atoms with Gasteiger partial charge < -0.3 is 10.5 Å². The quantitative estimate of drug-likeness (QED) is 0.674. The third-order valence-electron chi connectivity index (χ3n) is 2.62. The highest BCUT2D eigenvalue weighted by Gasteiger charge is 2.10. The molecular weight excluding hydrogens is 384 g/mol. The van der Waals surface area contributed by atoms with Crippen molar-refractivity contribution in [2.75, 3.05) is 6.54 Å². The van der Waals surface area contributed by atoms with Crippen molar-refractivity contribution in [2.45, 2.75) is 6.42 Å². The van der Waals surface area contributed by atoms with E-state index in [2.05, 4.69) is 15.9 Å². The first-order chi connectivity index (χ1) is 9.51. The van der Waals surface area contributed by atoms with Crippen LogP contribution in [0.25, 0.3) is 0 Å². The lowest BCUT2D eigenvalue weighted by atomic mass is 10.1. The molecule has 2 rings (SSSR count). The van der Waals surface area contributed by atoms with Crippen LogP contribution in [0.15, 0.2) is 34.8 Å². The van der Waals surface area contributed by atoms with Crippen molar-refractivity contribution < 1.29 is 4.74 Å². The van der Waals surface area contributed by atoms with Crippen molar-refractivity contribution in [1.82, 2.24) is 0 Å². The van der Waals surface area contributed by atoms with Crippen molar-refractivity contribution in [3.63, 3.8) is 0 Å². The fourth-order valence-electron chi connectivity index (χ4n) is 1.65. The van der Waals surface area contributed by atoms with Gasteiger partial charge in [-0.1, -0.05) is 40.9 Å². The summed E-state index contributed by atoms with van der Waals surface area (Å²) >= 11 is 21.4. The van der Waals surface area contributed by atoms with Gasteiger partial charge in [-0.15, -0.1) is 0 Å². The molecule has 20 heavy (non-hydrogen) atoms. The molecule has 0 aliphatic rings. The molecule has 0 aliphatic heterocycles. The van der Waals surface area contributed by atoms with E-state index < -0.39 is 0 Å². The highest BCUT2D eigenvalue weighted by atomic mass is 79.9. The molecule has 0 unspecified atom stereocenters. The van der Waals surface area contributed by atoms with E-state index in [1.807, 2.05) is 18.2 Å². The molecule has 0 atom stereocenters. The van der Waals surface area contributed by atoms with E-state index in [0.29, 0.717) is 33.1 Å². The fourth-order valence-corrected chi connectivity index (χ4v) is 2.73. The molecule has 106 valence electrons. The van der Waals surface area contributed by atoms with Crippen LogP contribution < -0.4 is 10.5 Å². The van der Waals surface area contributed by atoms with E-state index in [-0.39, 0.29) is 0 Å². The molecule has 2 aromatic rings. The van der Waals surface area contributed by atoms with Crippen molar-refractivity contribution in [1.29, 1.82) is 0 Å². The SMILES string of the molecule is NCCc1ccc(Oc2cc(Cl)c(Cl)cc2Cl)c(Br)c1. The minimum atomic E-state index is 0.390. The van der Waals surface area contributed by atoms with E-state index in [0.717, 1.165) is 16.5 Å². The second-order valence-electron chi connectivity index (χ2n) is 4.10. The first kappa shape index (κ1) is 15.9. The summed E-state index contributed by atoms with van der Waals surface area (Å²) < 4.78 is 6.58. The Morgan fingerprint density at radius 1 is 0.950 bits per heavy atom. The van der Waals surface area contributed by atoms with Crippen LogP contribution >= 0.6 is 50.7 Å². The second-order valence-corrected chi connectivity index (χ2v) is 6.18. The molecule has 0 saturated heterocycles. The number of hydrogen-bond donors (Lipinski definition) is 1. The lowest BCUT2D eigenvalue weighted by molar-refractivity contribution is 0.479. The van der Waals surface area contributed by atoms with Crippen LogP contribution in [0.4, 0.5) is 0 Å². The van der Waals surface area contributed by atoms with E-state index in [1.54, 1.807) is 12.1 Å². The van der Waals surface area contributed by atoms with Gasteiger partial charge in [0, 0.05) is 6.07 Å². The van der Waals surface area contributed by atoms with Crippen LogP contribution in [0.5, 0.6) is 11.5 Å². The van der Waals surface area contributed by atoms with Gasteiger partial charge in [0.05, 0.1) is 19.5 Å². The Hall–Kier alpha value is -0.450. The van der Waals surface area contributed by atoms with E-state index in [9.17, 15) is 0 Å². The summed E-state index contributed by atoms with van der Waals surface area (Å²) in [5, 5.41) is 1.18. The highest BCUT2D eigenvalue weighted by molar-refractivity contribution is 9.10. The first-order valence-electron chi connectivity index (χ1n) is 5.82. The predicted octanol–water partition coefficient (Wildman–Crippen LogP) is 5.70. The Kier molecular flexibility index (Phi) is 5.58. The van der Waals surface area contributed by atoms with Crippen LogP contribution in [0, 0.1) is 0 Å². The molecule has 0 heterocycles. The molecule has 0 fully saturated rings. The summed E-state index contributed by atoms with van der Waals surface area (Å²) in [4.78, 5) is 0. The van der Waals surface area contributed by atoms with Crippen LogP contribution in [0.1, 0.15) is 5.56 Å². The first-order valence-corrected chi connectivity index (χ1v) is 7.75. The molecule has 0 aliphatic carbocycles. The van der Waals surface area contributed by atoms with Gasteiger partial charge in [-0.05, 0) is 52.7 Å². The summed E-state index contributed by atoms with van der Waals surface area (Å²) in [6.07, 6.45) is 0.812. The van der Waals surface area contributed by atoms with Crippen molar-refractivity contribution in [2.24, 2.45) is 5.73 Å². The van der Waals surface area contributed by atoms with Gasteiger partial charge in [0.2, 0.25) is 0 Å². The summed E-state index contributed by atoms with van der Waals surface area (Å²) in [6, 6.07) is 8.92. The average molecular weight is 396 g/mol. The van der Waals surface area contributed by atoms with Gasteiger partial charge in [0.15, 0.2) is 0 Å². The van der Waals surface area contributed by atoms with Crippen LogP contribution in [0.3, 0.4) is 0 Å². The van der Waals surface area contributed by atoms with Gasteiger partial charge in [0.25, 0.3) is 0 Å². The summed E-state index contributed by atoms with van der Waals surface area (Å²) in [6.45, 7) is 0.602. The Bertz CT molecular complexity index is 634. The average Bonchev–Trinajstić information content (AvgIpc) is 2.39. The molecular formula is C14H11BrCl3NO. The molecule has 2 nitrogen and oxygen atoms in total. The summed E-state index contributed by atoms with van der Waals surface area (Å²) in [5.74, 6) is 1.10. The zero-order chi connectivity index (χ0) is 14.7.